The Labute approximate surface area is 313 Å². The van der Waals surface area contributed by atoms with Crippen LogP contribution in [0.5, 0.6) is 5.75 Å². The number of amides is 3. The molecule has 13 heteroatoms. The number of aromatic hydroxyl groups is 1. The van der Waals surface area contributed by atoms with E-state index in [9.17, 15) is 24.3 Å². The summed E-state index contributed by atoms with van der Waals surface area (Å²) >= 11 is 2.13. The predicted octanol–water partition coefficient (Wildman–Crippen LogP) is 4.37. The summed E-state index contributed by atoms with van der Waals surface area (Å²) in [4.78, 5) is 55.7. The molecule has 3 fully saturated rings. The first-order valence-electron chi connectivity index (χ1n) is 17.9. The largest absolute Gasteiger partial charge is 0.508 e. The van der Waals surface area contributed by atoms with Crippen LogP contribution in [0.3, 0.4) is 0 Å². The Hall–Kier alpha value is -3.27. The van der Waals surface area contributed by atoms with Crippen LogP contribution in [0.4, 0.5) is 0 Å². The number of halogens is 1. The van der Waals surface area contributed by atoms with Crippen molar-refractivity contribution in [2.24, 2.45) is 17.8 Å². The van der Waals surface area contributed by atoms with Crippen LogP contribution in [0.2, 0.25) is 0 Å². The van der Waals surface area contributed by atoms with Crippen molar-refractivity contribution in [1.82, 2.24) is 21.1 Å². The molecule has 12 nitrogen and oxygen atoms in total. The summed E-state index contributed by atoms with van der Waals surface area (Å²) in [5.74, 6) is -3.51. The lowest BCUT2D eigenvalue weighted by molar-refractivity contribution is -0.344. The molecule has 278 valence electrons. The number of nitrogens with zero attached hydrogens (tertiary/aromatic N) is 1. The van der Waals surface area contributed by atoms with Crippen molar-refractivity contribution in [3.8, 4) is 5.75 Å². The summed E-state index contributed by atoms with van der Waals surface area (Å²) in [5, 5.41) is 17.4. The zero-order valence-corrected chi connectivity index (χ0v) is 32.1. The monoisotopic (exact) mass is 818 g/mol. The number of benzene rings is 1. The Morgan fingerprint density at radius 3 is 2.63 bits per heavy atom. The second kappa shape index (κ2) is 17.0. The normalized spacial score (nSPS) is 35.6. The van der Waals surface area contributed by atoms with E-state index in [1.807, 2.05) is 63.0 Å². The number of fused-ring (bicyclic) bond motifs is 4. The molecule has 4 aliphatic heterocycles. The van der Waals surface area contributed by atoms with E-state index in [-0.39, 0.29) is 36.0 Å². The molecule has 1 aromatic rings. The molecule has 3 amide bonds. The zero-order chi connectivity index (χ0) is 36.9. The minimum absolute atomic E-state index is 0.0297. The maximum Gasteiger partial charge on any atom is 0.325 e. The topological polar surface area (TPSA) is 156 Å². The van der Waals surface area contributed by atoms with Gasteiger partial charge in [0.25, 0.3) is 5.91 Å². The highest BCUT2D eigenvalue weighted by molar-refractivity contribution is 14.1. The zero-order valence-electron chi connectivity index (χ0n) is 30.0. The van der Waals surface area contributed by atoms with Crippen molar-refractivity contribution in [1.29, 1.82) is 0 Å². The number of rotatable bonds is 4. The van der Waals surface area contributed by atoms with Gasteiger partial charge in [0.2, 0.25) is 11.8 Å². The average Bonchev–Trinajstić information content (AvgIpc) is 3.10. The van der Waals surface area contributed by atoms with Crippen LogP contribution in [0.25, 0.3) is 0 Å². The van der Waals surface area contributed by atoms with Crippen molar-refractivity contribution in [2.75, 3.05) is 6.54 Å². The van der Waals surface area contributed by atoms with E-state index in [1.54, 1.807) is 18.2 Å². The van der Waals surface area contributed by atoms with Crippen molar-refractivity contribution >= 4 is 46.3 Å². The van der Waals surface area contributed by atoms with Gasteiger partial charge in [-0.25, -0.2) is 5.43 Å². The molecule has 3 saturated heterocycles. The maximum atomic E-state index is 14.2. The van der Waals surface area contributed by atoms with Gasteiger partial charge in [-0.15, -0.1) is 0 Å². The minimum atomic E-state index is -1.07. The van der Waals surface area contributed by atoms with E-state index in [4.69, 9.17) is 14.2 Å². The fraction of sp³-hybridized carbons (Fsp3) is 0.579. The second-order valence-corrected chi connectivity index (χ2v) is 15.2. The van der Waals surface area contributed by atoms with E-state index in [0.717, 1.165) is 5.57 Å². The van der Waals surface area contributed by atoms with Crippen molar-refractivity contribution < 1.29 is 38.5 Å². The van der Waals surface area contributed by atoms with E-state index < -0.39 is 59.8 Å². The summed E-state index contributed by atoms with van der Waals surface area (Å²) in [6.45, 7) is 9.80. The van der Waals surface area contributed by atoms with Crippen LogP contribution in [0, 0.1) is 17.8 Å². The number of cyclic esters (lactones) is 1. The Kier molecular flexibility index (Phi) is 13.0. The number of nitrogens with one attached hydrogen (secondary N) is 3. The number of hydrazine groups is 1. The quantitative estimate of drug-likeness (QED) is 0.256. The molecule has 1 unspecified atom stereocenters. The highest BCUT2D eigenvalue weighted by Crippen LogP contribution is 2.44. The molecule has 0 radical (unpaired) electrons. The van der Waals surface area contributed by atoms with Gasteiger partial charge in [-0.2, -0.15) is 0 Å². The number of carbonyl (C=O) groups is 4. The van der Waals surface area contributed by atoms with Gasteiger partial charge in [0.1, 0.15) is 30.0 Å². The van der Waals surface area contributed by atoms with Gasteiger partial charge in [-0.1, -0.05) is 79.8 Å². The van der Waals surface area contributed by atoms with Gasteiger partial charge < -0.3 is 30.0 Å². The van der Waals surface area contributed by atoms with Crippen molar-refractivity contribution in [3.63, 3.8) is 0 Å². The van der Waals surface area contributed by atoms with Crippen LogP contribution in [0.1, 0.15) is 72.3 Å². The molecule has 4 heterocycles. The molecule has 9 atom stereocenters. The van der Waals surface area contributed by atoms with Crippen molar-refractivity contribution in [2.45, 2.75) is 115 Å². The minimum Gasteiger partial charge on any atom is -0.508 e. The number of phenols is 1. The number of hydrogen-bond acceptors (Lipinski definition) is 9. The Bertz CT molecular complexity index is 1550. The number of ether oxygens (including phenoxy) is 3. The van der Waals surface area contributed by atoms with E-state index in [0.29, 0.717) is 44.2 Å². The van der Waals surface area contributed by atoms with E-state index >= 15 is 0 Å². The third kappa shape index (κ3) is 9.59. The van der Waals surface area contributed by atoms with Gasteiger partial charge in [-0.3, -0.25) is 24.2 Å². The van der Waals surface area contributed by atoms with E-state index in [1.165, 1.54) is 11.1 Å². The smallest absolute Gasteiger partial charge is 0.325 e. The third-order valence-corrected chi connectivity index (χ3v) is 11.2. The highest BCUT2D eigenvalue weighted by atomic mass is 127. The molecular formula is C38H51IN4O8. The first-order chi connectivity index (χ1) is 24.3. The summed E-state index contributed by atoms with van der Waals surface area (Å²) in [7, 11) is 0. The van der Waals surface area contributed by atoms with Crippen molar-refractivity contribution in [3.05, 3.63) is 63.8 Å². The van der Waals surface area contributed by atoms with Crippen LogP contribution >= 0.6 is 22.6 Å². The maximum absolute atomic E-state index is 14.2. The Balaban J connectivity index is 1.49. The van der Waals surface area contributed by atoms with Crippen LogP contribution in [-0.4, -0.2) is 82.6 Å². The average molecular weight is 819 g/mol. The lowest BCUT2D eigenvalue weighted by Gasteiger charge is -2.51. The molecule has 4 aliphatic rings. The molecule has 0 spiro atoms. The fourth-order valence-corrected chi connectivity index (χ4v) is 7.60. The molecular weight excluding hydrogens is 767 g/mol. The van der Waals surface area contributed by atoms with Gasteiger partial charge in [0, 0.05) is 31.7 Å². The third-order valence-electron chi connectivity index (χ3n) is 10.2. The van der Waals surface area contributed by atoms with Gasteiger partial charge in [0.05, 0.1) is 18.1 Å². The number of phenolic OH excluding ortho intramolecular Hbond substituents is 1. The lowest BCUT2D eigenvalue weighted by Crippen LogP contribution is -2.63. The lowest BCUT2D eigenvalue weighted by atomic mass is 9.79. The molecule has 0 aliphatic carbocycles. The fourth-order valence-electron chi connectivity index (χ4n) is 7.20. The van der Waals surface area contributed by atoms with Crippen LogP contribution < -0.4 is 16.1 Å². The number of hydrogen-bond donors (Lipinski definition) is 4. The number of esters is 1. The predicted molar refractivity (Wildman–Crippen MR) is 199 cm³/mol. The summed E-state index contributed by atoms with van der Waals surface area (Å²) in [6, 6.07) is 3.72. The van der Waals surface area contributed by atoms with Crippen LogP contribution in [0.15, 0.2) is 58.2 Å². The summed E-state index contributed by atoms with van der Waals surface area (Å²) in [5.41, 5.74) is 4.57. The molecule has 0 saturated carbocycles. The van der Waals surface area contributed by atoms with E-state index in [2.05, 4.69) is 38.7 Å². The molecule has 0 aromatic heterocycles. The van der Waals surface area contributed by atoms with Gasteiger partial charge >= 0.3 is 5.97 Å². The first-order valence-corrected chi connectivity index (χ1v) is 19.2. The molecule has 5 rings (SSSR count). The molecule has 5 bridgehead atoms. The second-order valence-electron chi connectivity index (χ2n) is 14.6. The molecule has 4 N–H and O–H groups in total. The number of allylic oxidation sites excluding steroid dienone is 2. The molecule has 1 aromatic carbocycles. The number of carbonyl (C=O) groups excluding carboxylic acids is 4. The Morgan fingerprint density at radius 1 is 1.12 bits per heavy atom. The van der Waals surface area contributed by atoms with Crippen LogP contribution in [-0.2, 0) is 39.8 Å². The highest BCUT2D eigenvalue weighted by Gasteiger charge is 2.51. The standard InChI is InChI=1S/C38H51IN4O8/c1-22(2)32-35(46)40-29(20-25-11-9-12-26(44)19-25)36(47)43-18-10-13-28(42-43)37(48)49-30(23(3)21-39)14-7-6-8-15-31-24(4)33-27(34(45)41-32)16-17-38(5,50-31)51-33/h6-9,11-12,15,19,21-22,24,27-33,42,44H,10,13-14,16-18,20H2,1-5H3,(H,40,46)(H,41,45)/b7-6+,15-8+,23-21+/t24-,27+,28-,29-,30-,31-,32-,33+,38?/m0/s1. The Morgan fingerprint density at radius 2 is 1.90 bits per heavy atom. The SMILES string of the molecule is C/C(=C\I)[C@@H]1C/C=C/C=C/[C@@H]2OC3(C)CC[C@@H](C(=O)N[C@@H](C(C)C)C(=O)N[C@@H](Cc4cccc(O)c4)C(=O)N4CCC[C@H](N4)C(=O)O1)[C@H](O3)[C@H]2C. The summed E-state index contributed by atoms with van der Waals surface area (Å²) in [6.07, 6.45) is 9.02. The van der Waals surface area contributed by atoms with Gasteiger partial charge in [0.15, 0.2) is 5.79 Å². The first kappa shape index (κ1) is 38.9. The van der Waals surface area contributed by atoms with Gasteiger partial charge in [-0.05, 0) is 66.4 Å². The summed E-state index contributed by atoms with van der Waals surface area (Å²) < 4.78 is 20.7. The molecule has 51 heavy (non-hydrogen) atoms.